The minimum absolute atomic E-state index is 0.0712. The number of alkyl halides is 3. The lowest BCUT2D eigenvalue weighted by Crippen LogP contribution is -2.65. The summed E-state index contributed by atoms with van der Waals surface area (Å²) >= 11 is 0. The van der Waals surface area contributed by atoms with Crippen molar-refractivity contribution in [3.8, 4) is 0 Å². The largest absolute Gasteiger partial charge is 0.428 e. The quantitative estimate of drug-likeness (QED) is 0.726. The molecule has 3 nitrogen and oxygen atoms in total. The van der Waals surface area contributed by atoms with E-state index >= 15 is 0 Å². The second-order valence-corrected chi connectivity index (χ2v) is 8.53. The molecule has 1 heterocycles. The van der Waals surface area contributed by atoms with Gasteiger partial charge in [0.15, 0.2) is 0 Å². The van der Waals surface area contributed by atoms with Gasteiger partial charge in [0.2, 0.25) is 0 Å². The fraction of sp³-hybridized carbons (Fsp3) is 1.00. The van der Waals surface area contributed by atoms with Crippen LogP contribution >= 0.6 is 0 Å². The molecule has 0 radical (unpaired) electrons. The van der Waals surface area contributed by atoms with Crippen LogP contribution in [0.5, 0.6) is 0 Å². The van der Waals surface area contributed by atoms with Gasteiger partial charge in [-0.05, 0) is 26.7 Å². The molecule has 0 saturated carbocycles. The highest BCUT2D eigenvalue weighted by atomic mass is 28.4. The van der Waals surface area contributed by atoms with Crippen LogP contribution in [0.25, 0.3) is 0 Å². The summed E-state index contributed by atoms with van der Waals surface area (Å²) in [6.07, 6.45) is -1.94. The lowest BCUT2D eigenvalue weighted by atomic mass is 10.0. The molecule has 0 aliphatic carbocycles. The fourth-order valence-corrected chi connectivity index (χ4v) is 6.48. The molecular weight excluding hydrogens is 275 g/mol. The number of halogens is 3. The summed E-state index contributed by atoms with van der Waals surface area (Å²) in [6.45, 7) is 4.09. The van der Waals surface area contributed by atoms with E-state index in [1.807, 2.05) is 13.8 Å². The molecule has 0 unspecified atom stereocenters. The van der Waals surface area contributed by atoms with Gasteiger partial charge in [0, 0.05) is 38.8 Å². The molecule has 0 bridgehead atoms. The van der Waals surface area contributed by atoms with Gasteiger partial charge < -0.3 is 8.85 Å². The van der Waals surface area contributed by atoms with E-state index in [-0.39, 0.29) is 18.1 Å². The molecular formula is C12H24F3NO2Si. The molecule has 0 aromatic carbocycles. The van der Waals surface area contributed by atoms with Gasteiger partial charge in [0.25, 0.3) is 0 Å². The first-order valence-electron chi connectivity index (χ1n) is 6.71. The van der Waals surface area contributed by atoms with Crippen molar-refractivity contribution >= 4 is 8.72 Å². The molecule has 1 aliphatic rings. The van der Waals surface area contributed by atoms with Gasteiger partial charge in [-0.15, -0.1) is 0 Å². The third-order valence-electron chi connectivity index (χ3n) is 3.95. The highest BCUT2D eigenvalue weighted by Gasteiger charge is 2.50. The zero-order valence-electron chi connectivity index (χ0n) is 12.1. The van der Waals surface area contributed by atoms with Crippen LogP contribution in [-0.2, 0) is 8.85 Å². The maximum atomic E-state index is 12.5. The topological polar surface area (TPSA) is 21.7 Å². The Hall–Kier alpha value is -0.113. The molecule has 0 aromatic heterocycles. The second kappa shape index (κ2) is 6.56. The highest BCUT2D eigenvalue weighted by molar-refractivity contribution is 6.64. The van der Waals surface area contributed by atoms with Crippen molar-refractivity contribution in [1.29, 1.82) is 0 Å². The van der Waals surface area contributed by atoms with Crippen LogP contribution in [0.2, 0.25) is 6.04 Å². The van der Waals surface area contributed by atoms with E-state index in [1.54, 1.807) is 0 Å². The Labute approximate surface area is 114 Å². The second-order valence-electron chi connectivity index (χ2n) is 5.27. The van der Waals surface area contributed by atoms with Gasteiger partial charge >= 0.3 is 14.9 Å². The zero-order chi connectivity index (χ0) is 14.7. The summed E-state index contributed by atoms with van der Waals surface area (Å²) in [5.41, 5.74) is 0. The summed E-state index contributed by atoms with van der Waals surface area (Å²) in [5.74, 6) is 0. The van der Waals surface area contributed by atoms with Gasteiger partial charge in [0.1, 0.15) is 0 Å². The SMILES string of the molecule is CO[Si](CCC(F)(F)F)(OC)N1[C@H](C)CCC[C@@H]1C. The van der Waals surface area contributed by atoms with Gasteiger partial charge in [-0.2, -0.15) is 13.2 Å². The van der Waals surface area contributed by atoms with Crippen LogP contribution in [-0.4, -0.2) is 45.8 Å². The van der Waals surface area contributed by atoms with Crippen LogP contribution in [0.4, 0.5) is 13.2 Å². The summed E-state index contributed by atoms with van der Waals surface area (Å²) in [5, 5.41) is 0. The number of hydrogen-bond acceptors (Lipinski definition) is 3. The molecule has 114 valence electrons. The summed E-state index contributed by atoms with van der Waals surface area (Å²) < 4.78 is 50.6. The Balaban J connectivity index is 2.89. The average molecular weight is 299 g/mol. The van der Waals surface area contributed by atoms with Gasteiger partial charge in [-0.1, -0.05) is 6.42 Å². The van der Waals surface area contributed by atoms with E-state index in [1.165, 1.54) is 14.2 Å². The van der Waals surface area contributed by atoms with Crippen molar-refractivity contribution in [1.82, 2.24) is 4.57 Å². The number of nitrogens with zero attached hydrogens (tertiary/aromatic N) is 1. The van der Waals surface area contributed by atoms with Crippen LogP contribution < -0.4 is 0 Å². The number of piperidine rings is 1. The van der Waals surface area contributed by atoms with Crippen molar-refractivity contribution in [2.75, 3.05) is 14.2 Å². The molecule has 2 atom stereocenters. The molecule has 19 heavy (non-hydrogen) atoms. The maximum absolute atomic E-state index is 12.5. The molecule has 7 heteroatoms. The minimum atomic E-state index is -4.17. The maximum Gasteiger partial charge on any atom is 0.428 e. The molecule has 0 aromatic rings. The van der Waals surface area contributed by atoms with Crippen LogP contribution in [0, 0.1) is 0 Å². The smallest absolute Gasteiger partial charge is 0.386 e. The molecule has 0 spiro atoms. The lowest BCUT2D eigenvalue weighted by molar-refractivity contribution is -0.132. The van der Waals surface area contributed by atoms with Crippen LogP contribution in [0.1, 0.15) is 39.5 Å². The first-order valence-corrected chi connectivity index (χ1v) is 8.68. The van der Waals surface area contributed by atoms with Crippen molar-refractivity contribution in [3.05, 3.63) is 0 Å². The van der Waals surface area contributed by atoms with E-state index in [0.717, 1.165) is 19.3 Å². The lowest BCUT2D eigenvalue weighted by Gasteiger charge is -2.48. The van der Waals surface area contributed by atoms with E-state index in [0.29, 0.717) is 0 Å². The highest BCUT2D eigenvalue weighted by Crippen LogP contribution is 2.34. The Morgan fingerprint density at radius 2 is 1.58 bits per heavy atom. The van der Waals surface area contributed by atoms with Gasteiger partial charge in [-0.25, -0.2) is 0 Å². The van der Waals surface area contributed by atoms with Crippen LogP contribution in [0.15, 0.2) is 0 Å². The van der Waals surface area contributed by atoms with E-state index in [9.17, 15) is 13.2 Å². The summed E-state index contributed by atoms with van der Waals surface area (Å²) in [6, 6.07) is 0.352. The fourth-order valence-electron chi connectivity index (χ4n) is 3.02. The third kappa shape index (κ3) is 4.17. The number of hydrogen-bond donors (Lipinski definition) is 0. The molecule has 1 aliphatic heterocycles. The van der Waals surface area contributed by atoms with Crippen molar-refractivity contribution in [2.24, 2.45) is 0 Å². The van der Waals surface area contributed by atoms with E-state index < -0.39 is 21.3 Å². The molecule has 0 amide bonds. The molecule has 1 rings (SSSR count). The van der Waals surface area contributed by atoms with Gasteiger partial charge in [-0.3, -0.25) is 4.57 Å². The van der Waals surface area contributed by atoms with E-state index in [2.05, 4.69) is 4.57 Å². The summed E-state index contributed by atoms with van der Waals surface area (Å²) in [7, 11) is -0.0205. The third-order valence-corrected chi connectivity index (χ3v) is 7.78. The summed E-state index contributed by atoms with van der Waals surface area (Å²) in [4.78, 5) is 0. The van der Waals surface area contributed by atoms with E-state index in [4.69, 9.17) is 8.85 Å². The molecule has 0 N–H and O–H groups in total. The monoisotopic (exact) mass is 299 g/mol. The Bertz CT molecular complexity index is 275. The van der Waals surface area contributed by atoms with Crippen molar-refractivity contribution < 1.29 is 22.0 Å². The first kappa shape index (κ1) is 16.9. The normalized spacial score (nSPS) is 26.7. The zero-order valence-corrected chi connectivity index (χ0v) is 13.1. The first-order chi connectivity index (χ1) is 8.75. The van der Waals surface area contributed by atoms with Crippen LogP contribution in [0.3, 0.4) is 0 Å². The molecule has 1 saturated heterocycles. The molecule has 1 fully saturated rings. The Kier molecular flexibility index (Phi) is 5.85. The van der Waals surface area contributed by atoms with Crippen molar-refractivity contribution in [2.45, 2.75) is 63.8 Å². The Morgan fingerprint density at radius 3 is 1.95 bits per heavy atom. The van der Waals surface area contributed by atoms with Gasteiger partial charge in [0.05, 0.1) is 0 Å². The average Bonchev–Trinajstić information content (AvgIpc) is 2.32. The predicted octanol–water partition coefficient (Wildman–Crippen LogP) is 3.43. The predicted molar refractivity (Wildman–Crippen MR) is 69.9 cm³/mol. The number of rotatable bonds is 5. The standard InChI is InChI=1S/C12H24F3NO2Si/c1-10-6-5-7-11(2)16(10)19(17-3,18-4)9-8-12(13,14)15/h10-11H,5-9H2,1-4H3/t10-,11+. The minimum Gasteiger partial charge on any atom is -0.386 e. The Morgan fingerprint density at radius 1 is 1.11 bits per heavy atom. The van der Waals surface area contributed by atoms with Crippen molar-refractivity contribution in [3.63, 3.8) is 0 Å².